The molecule has 0 aliphatic rings. The number of carbonyl (C=O) groups is 2. The van der Waals surface area contributed by atoms with Crippen molar-refractivity contribution in [1.82, 2.24) is 25.1 Å². The molecule has 0 saturated heterocycles. The summed E-state index contributed by atoms with van der Waals surface area (Å²) in [5.41, 5.74) is 15.9. The van der Waals surface area contributed by atoms with Gasteiger partial charge >= 0.3 is 0 Å². The number of nitrogens with zero attached hydrogens (tertiary/aromatic N) is 4. The topological polar surface area (TPSA) is 142 Å². The van der Waals surface area contributed by atoms with Crippen molar-refractivity contribution in [2.75, 3.05) is 5.73 Å². The summed E-state index contributed by atoms with van der Waals surface area (Å²) in [7, 11) is 0. The smallest absolute Gasteiger partial charge is 0.255 e. The molecule has 5 N–H and O–H groups in total. The van der Waals surface area contributed by atoms with Gasteiger partial charge in [-0.2, -0.15) is 5.10 Å². The van der Waals surface area contributed by atoms with Gasteiger partial charge in [-0.05, 0) is 74.2 Å². The number of benzene rings is 1. The predicted octanol–water partition coefficient (Wildman–Crippen LogP) is 2.86. The molecule has 0 atom stereocenters. The largest absolute Gasteiger partial charge is 0.384 e. The fourth-order valence-corrected chi connectivity index (χ4v) is 3.89. The molecular formula is C25H28FN7O2. The Hall–Kier alpha value is -4.34. The molecule has 4 aromatic rings. The summed E-state index contributed by atoms with van der Waals surface area (Å²) in [6.07, 6.45) is 3.44. The molecule has 0 radical (unpaired) electrons. The van der Waals surface area contributed by atoms with Crippen molar-refractivity contribution < 1.29 is 14.0 Å². The molecule has 0 saturated carbocycles. The van der Waals surface area contributed by atoms with E-state index in [1.54, 1.807) is 16.9 Å². The number of nitrogens with one attached hydrogen (secondary N) is 1. The highest BCUT2D eigenvalue weighted by Crippen LogP contribution is 2.21. The van der Waals surface area contributed by atoms with E-state index in [-0.39, 0.29) is 18.1 Å². The molecule has 0 aliphatic heterocycles. The minimum absolute atomic E-state index is 0.228. The Bertz CT molecular complexity index is 1380. The van der Waals surface area contributed by atoms with Gasteiger partial charge in [0.1, 0.15) is 17.2 Å². The third-order valence-electron chi connectivity index (χ3n) is 5.61. The summed E-state index contributed by atoms with van der Waals surface area (Å²) in [4.78, 5) is 29.8. The van der Waals surface area contributed by atoms with Crippen LogP contribution in [0.25, 0.3) is 10.9 Å². The molecule has 35 heavy (non-hydrogen) atoms. The van der Waals surface area contributed by atoms with Gasteiger partial charge < -0.3 is 16.8 Å². The van der Waals surface area contributed by atoms with E-state index in [1.165, 1.54) is 12.3 Å². The first-order valence-electron chi connectivity index (χ1n) is 10.9. The minimum Gasteiger partial charge on any atom is -0.384 e. The van der Waals surface area contributed by atoms with Gasteiger partial charge in [0.25, 0.3) is 5.91 Å². The monoisotopic (exact) mass is 477 g/mol. The lowest BCUT2D eigenvalue weighted by Gasteiger charge is -2.12. The SMILES string of the molecule is Cc1cnc2c(F)cc(Cn3ncc(C(=O)NCc4c(C)cc(N)nc4C)c3C)cc2c1.NC=O. The molecule has 3 heterocycles. The zero-order chi connectivity index (χ0) is 25.7. The Morgan fingerprint density at radius 2 is 1.86 bits per heavy atom. The number of aryl methyl sites for hydroxylation is 3. The van der Waals surface area contributed by atoms with Crippen molar-refractivity contribution in [1.29, 1.82) is 0 Å². The van der Waals surface area contributed by atoms with Crippen LogP contribution in [0.4, 0.5) is 10.2 Å². The van der Waals surface area contributed by atoms with Crippen molar-refractivity contribution >= 4 is 29.0 Å². The molecule has 1 aromatic carbocycles. The Balaban J connectivity index is 0.00000108. The normalized spacial score (nSPS) is 10.5. The maximum atomic E-state index is 14.5. The van der Waals surface area contributed by atoms with Crippen LogP contribution in [-0.4, -0.2) is 32.1 Å². The van der Waals surface area contributed by atoms with Crippen LogP contribution in [-0.2, 0) is 17.9 Å². The van der Waals surface area contributed by atoms with E-state index in [1.807, 2.05) is 39.8 Å². The third-order valence-corrected chi connectivity index (χ3v) is 5.61. The summed E-state index contributed by atoms with van der Waals surface area (Å²) in [6.45, 7) is 8.25. The average molecular weight is 478 g/mol. The van der Waals surface area contributed by atoms with Gasteiger partial charge in [0, 0.05) is 29.5 Å². The number of nitrogens with two attached hydrogens (primary N) is 2. The summed E-state index contributed by atoms with van der Waals surface area (Å²) < 4.78 is 16.2. The summed E-state index contributed by atoms with van der Waals surface area (Å²) in [5.74, 6) is -0.139. The molecule has 0 bridgehead atoms. The Kier molecular flexibility index (Phi) is 7.75. The van der Waals surface area contributed by atoms with Gasteiger partial charge in [0.05, 0.1) is 18.3 Å². The molecular weight excluding hydrogens is 449 g/mol. The lowest BCUT2D eigenvalue weighted by molar-refractivity contribution is -0.106. The second-order valence-corrected chi connectivity index (χ2v) is 8.21. The van der Waals surface area contributed by atoms with Crippen LogP contribution >= 0.6 is 0 Å². The second kappa shape index (κ2) is 10.7. The number of pyridine rings is 2. The number of halogens is 1. The highest BCUT2D eigenvalue weighted by molar-refractivity contribution is 5.95. The van der Waals surface area contributed by atoms with E-state index in [4.69, 9.17) is 10.5 Å². The van der Waals surface area contributed by atoms with Crippen LogP contribution in [0, 0.1) is 33.5 Å². The number of nitrogen functional groups attached to an aromatic ring is 1. The quantitative estimate of drug-likeness (QED) is 0.377. The number of hydrogen-bond donors (Lipinski definition) is 3. The van der Waals surface area contributed by atoms with Crippen molar-refractivity contribution in [3.8, 4) is 0 Å². The van der Waals surface area contributed by atoms with Crippen molar-refractivity contribution in [2.45, 2.75) is 40.8 Å². The molecule has 10 heteroatoms. The molecule has 0 unspecified atom stereocenters. The number of aromatic nitrogens is 4. The van der Waals surface area contributed by atoms with Gasteiger partial charge in [-0.15, -0.1) is 0 Å². The highest BCUT2D eigenvalue weighted by atomic mass is 19.1. The summed E-state index contributed by atoms with van der Waals surface area (Å²) >= 11 is 0. The van der Waals surface area contributed by atoms with Crippen molar-refractivity contribution in [3.05, 3.63) is 81.7 Å². The fraction of sp³-hybridized carbons (Fsp3) is 0.240. The standard InChI is InChI=1S/C24H25FN6O.CH3NO/c1-13-5-18-7-17(8-21(25)23(18)27-9-13)12-31-16(4)20(11-29-31)24(32)28-10-19-14(2)6-22(26)30-15(19)3;2-1-3/h5-9,11H,10,12H2,1-4H3,(H2,26,30)(H,28,32);1H,(H2,2,3). The zero-order valence-corrected chi connectivity index (χ0v) is 20.1. The first-order chi connectivity index (χ1) is 16.6. The van der Waals surface area contributed by atoms with E-state index >= 15 is 0 Å². The number of rotatable bonds is 5. The van der Waals surface area contributed by atoms with E-state index in [0.29, 0.717) is 35.7 Å². The van der Waals surface area contributed by atoms with E-state index < -0.39 is 0 Å². The third kappa shape index (κ3) is 5.78. The minimum atomic E-state index is -0.372. The van der Waals surface area contributed by atoms with Gasteiger partial charge in [-0.1, -0.05) is 0 Å². The number of primary amides is 1. The van der Waals surface area contributed by atoms with E-state index in [2.05, 4.69) is 26.1 Å². The molecule has 9 nitrogen and oxygen atoms in total. The second-order valence-electron chi connectivity index (χ2n) is 8.21. The first kappa shape index (κ1) is 25.3. The van der Waals surface area contributed by atoms with Crippen LogP contribution in [0.15, 0.2) is 36.7 Å². The van der Waals surface area contributed by atoms with Gasteiger partial charge in [0.2, 0.25) is 6.41 Å². The molecule has 182 valence electrons. The first-order valence-corrected chi connectivity index (χ1v) is 10.9. The Morgan fingerprint density at radius 3 is 2.54 bits per heavy atom. The highest BCUT2D eigenvalue weighted by Gasteiger charge is 2.16. The van der Waals surface area contributed by atoms with E-state index in [9.17, 15) is 9.18 Å². The molecule has 2 amide bonds. The molecule has 3 aromatic heterocycles. The maximum absolute atomic E-state index is 14.5. The van der Waals surface area contributed by atoms with Gasteiger partial charge in [0.15, 0.2) is 0 Å². The van der Waals surface area contributed by atoms with Crippen LogP contribution < -0.4 is 16.8 Å². The maximum Gasteiger partial charge on any atom is 0.255 e. The predicted molar refractivity (Wildman–Crippen MR) is 132 cm³/mol. The lowest BCUT2D eigenvalue weighted by atomic mass is 10.1. The Morgan fingerprint density at radius 1 is 1.14 bits per heavy atom. The van der Waals surface area contributed by atoms with Gasteiger partial charge in [-0.25, -0.2) is 9.37 Å². The number of anilines is 1. The molecule has 0 fully saturated rings. The van der Waals surface area contributed by atoms with Crippen molar-refractivity contribution in [3.63, 3.8) is 0 Å². The number of fused-ring (bicyclic) bond motifs is 1. The molecule has 4 rings (SSSR count). The summed E-state index contributed by atoms with van der Waals surface area (Å²) in [5, 5.41) is 8.02. The zero-order valence-electron chi connectivity index (χ0n) is 20.1. The van der Waals surface area contributed by atoms with E-state index in [0.717, 1.165) is 33.3 Å². The molecule has 0 spiro atoms. The molecule has 0 aliphatic carbocycles. The van der Waals surface area contributed by atoms with Crippen LogP contribution in [0.1, 0.15) is 44.0 Å². The fourth-order valence-electron chi connectivity index (χ4n) is 3.89. The van der Waals surface area contributed by atoms with Gasteiger partial charge in [-0.3, -0.25) is 19.3 Å². The number of hydrogen-bond acceptors (Lipinski definition) is 6. The van der Waals surface area contributed by atoms with Crippen LogP contribution in [0.2, 0.25) is 0 Å². The Labute approximate surface area is 202 Å². The van der Waals surface area contributed by atoms with Crippen LogP contribution in [0.5, 0.6) is 0 Å². The van der Waals surface area contributed by atoms with Crippen molar-refractivity contribution in [2.24, 2.45) is 5.73 Å². The number of carbonyl (C=O) groups excluding carboxylic acids is 2. The summed E-state index contributed by atoms with van der Waals surface area (Å²) in [6, 6.07) is 7.06. The van der Waals surface area contributed by atoms with Crippen LogP contribution in [0.3, 0.4) is 0 Å². The average Bonchev–Trinajstić information content (AvgIpc) is 3.13. The number of amides is 2. The lowest BCUT2D eigenvalue weighted by Crippen LogP contribution is -2.24.